The minimum Gasteiger partial charge on any atom is -0.358 e. The van der Waals surface area contributed by atoms with Gasteiger partial charge in [-0.05, 0) is 60.4 Å². The number of hydrogen-bond donors (Lipinski definition) is 1. The van der Waals surface area contributed by atoms with E-state index in [4.69, 9.17) is 23.2 Å². The van der Waals surface area contributed by atoms with Crippen LogP contribution in [-0.2, 0) is 13.1 Å². The highest BCUT2D eigenvalue weighted by molar-refractivity contribution is 6.31. The maximum Gasteiger partial charge on any atom is 0.300 e. The van der Waals surface area contributed by atoms with Gasteiger partial charge in [-0.2, -0.15) is 0 Å². The van der Waals surface area contributed by atoms with E-state index in [0.29, 0.717) is 35.0 Å². The lowest BCUT2D eigenvalue weighted by Crippen LogP contribution is -2.23. The van der Waals surface area contributed by atoms with Gasteiger partial charge >= 0.3 is 11.1 Å². The molecule has 4 heterocycles. The standard InChI is InChI=1S/C20H18ClN5O.C19H16ClN5O.CH4.CH3/c1-14-16(21)9-6-10-17(14)25-11-12-26-18(19(25)27)22-23-20(26)24(2)13-15-7-4-3-5-8-15;1-13-15(20)8-5-9-16(13)24-10-11-25-17(18(24)26)22-23-19(25)21-12-14-6-3-2-4-7-14;;/h3-12H,13H2,1-2H3;2-11H,12H2,1H3,(H,21,23);1H4;1H3/q;;;-1. The van der Waals surface area contributed by atoms with E-state index >= 15 is 0 Å². The Bertz CT molecular complexity index is 2670. The number of anilines is 2. The van der Waals surface area contributed by atoms with Gasteiger partial charge in [-0.25, -0.2) is 0 Å². The number of nitrogens with zero attached hydrogens (tertiary/aromatic N) is 9. The number of halogens is 2. The molecule has 0 saturated heterocycles. The molecule has 12 nitrogen and oxygen atoms in total. The van der Waals surface area contributed by atoms with Crippen LogP contribution >= 0.6 is 23.2 Å². The van der Waals surface area contributed by atoms with Gasteiger partial charge in [-0.15, -0.1) is 20.4 Å². The SMILES string of the molecule is C.Cc1c(Cl)cccc1-n1ccn2c(N(C)Cc3ccccc3)nnc2c1=O.Cc1c(Cl)cccc1-n1ccn2c(NCc3ccccc3)nnc2c1=O.[CH3-]. The van der Waals surface area contributed by atoms with Gasteiger partial charge in [-0.1, -0.05) is 103 Å². The first kappa shape index (κ1) is 40.0. The molecule has 4 aromatic carbocycles. The van der Waals surface area contributed by atoms with E-state index in [9.17, 15) is 9.59 Å². The van der Waals surface area contributed by atoms with E-state index in [1.165, 1.54) is 4.57 Å². The Hall–Kier alpha value is -6.24. The molecule has 55 heavy (non-hydrogen) atoms. The van der Waals surface area contributed by atoms with E-state index in [-0.39, 0.29) is 37.3 Å². The van der Waals surface area contributed by atoms with Gasteiger partial charge in [0.25, 0.3) is 0 Å². The van der Waals surface area contributed by atoms with Gasteiger partial charge in [-0.3, -0.25) is 27.5 Å². The lowest BCUT2D eigenvalue weighted by atomic mass is 10.2. The summed E-state index contributed by atoms with van der Waals surface area (Å²) in [6, 6.07) is 31.0. The first-order valence-electron chi connectivity index (χ1n) is 16.7. The van der Waals surface area contributed by atoms with Crippen LogP contribution in [0.5, 0.6) is 0 Å². The van der Waals surface area contributed by atoms with Gasteiger partial charge in [0.1, 0.15) is 0 Å². The third-order valence-corrected chi connectivity index (χ3v) is 9.64. The Labute approximate surface area is 328 Å². The van der Waals surface area contributed by atoms with Gasteiger partial charge < -0.3 is 17.6 Å². The number of aromatic nitrogens is 8. The molecule has 0 aliphatic carbocycles. The Morgan fingerprint density at radius 3 is 1.67 bits per heavy atom. The second-order valence-corrected chi connectivity index (χ2v) is 13.1. The number of fused-ring (bicyclic) bond motifs is 2. The lowest BCUT2D eigenvalue weighted by molar-refractivity contribution is 0.850. The Balaban J connectivity index is 0.000000204. The van der Waals surface area contributed by atoms with Crippen molar-refractivity contribution in [3.63, 3.8) is 0 Å². The molecular weight excluding hydrogens is 735 g/mol. The van der Waals surface area contributed by atoms with Crippen molar-refractivity contribution in [3.05, 3.63) is 182 Å². The molecule has 0 atom stereocenters. The van der Waals surface area contributed by atoms with Crippen molar-refractivity contribution >= 4 is 46.4 Å². The van der Waals surface area contributed by atoms with Crippen molar-refractivity contribution in [2.75, 3.05) is 17.3 Å². The van der Waals surface area contributed by atoms with E-state index in [2.05, 4.69) is 37.8 Å². The van der Waals surface area contributed by atoms with E-state index in [0.717, 1.165) is 33.6 Å². The van der Waals surface area contributed by atoms with E-state index in [1.807, 2.05) is 98.6 Å². The van der Waals surface area contributed by atoms with E-state index < -0.39 is 0 Å². The Kier molecular flexibility index (Phi) is 12.5. The van der Waals surface area contributed by atoms with Crippen molar-refractivity contribution in [3.8, 4) is 11.4 Å². The highest BCUT2D eigenvalue weighted by Gasteiger charge is 2.17. The second-order valence-electron chi connectivity index (χ2n) is 12.3. The molecule has 0 spiro atoms. The van der Waals surface area contributed by atoms with Crippen LogP contribution in [0, 0.1) is 21.3 Å². The molecule has 14 heteroatoms. The lowest BCUT2D eigenvalue weighted by Gasteiger charge is -2.17. The monoisotopic (exact) mass is 775 g/mol. The van der Waals surface area contributed by atoms with Crippen molar-refractivity contribution in [1.82, 2.24) is 38.3 Å². The fourth-order valence-electron chi connectivity index (χ4n) is 5.94. The quantitative estimate of drug-likeness (QED) is 0.154. The molecule has 0 saturated carbocycles. The molecule has 1 N–H and O–H groups in total. The summed E-state index contributed by atoms with van der Waals surface area (Å²) < 4.78 is 6.45. The molecule has 0 aliphatic heterocycles. The molecule has 8 rings (SSSR count). The molecule has 0 fully saturated rings. The van der Waals surface area contributed by atoms with Crippen LogP contribution < -0.4 is 21.3 Å². The summed E-state index contributed by atoms with van der Waals surface area (Å²) in [7, 11) is 1.93. The summed E-state index contributed by atoms with van der Waals surface area (Å²) in [4.78, 5) is 27.8. The summed E-state index contributed by atoms with van der Waals surface area (Å²) in [6.07, 6.45) is 6.99. The van der Waals surface area contributed by atoms with Crippen LogP contribution in [0.2, 0.25) is 10.0 Å². The summed E-state index contributed by atoms with van der Waals surface area (Å²) in [5.41, 5.74) is 5.44. The minimum atomic E-state index is -0.252. The van der Waals surface area contributed by atoms with Crippen molar-refractivity contribution < 1.29 is 0 Å². The van der Waals surface area contributed by atoms with E-state index in [1.54, 1.807) is 50.3 Å². The molecule has 4 aromatic heterocycles. The van der Waals surface area contributed by atoms with Gasteiger partial charge in [0, 0.05) is 55.0 Å². The largest absolute Gasteiger partial charge is 0.358 e. The van der Waals surface area contributed by atoms with Crippen LogP contribution in [0.3, 0.4) is 0 Å². The normalized spacial score (nSPS) is 10.6. The number of rotatable bonds is 8. The van der Waals surface area contributed by atoms with Gasteiger partial charge in [0.15, 0.2) is 0 Å². The van der Waals surface area contributed by atoms with Crippen LogP contribution in [0.4, 0.5) is 11.9 Å². The highest BCUT2D eigenvalue weighted by atomic mass is 35.5. The van der Waals surface area contributed by atoms with Crippen molar-refractivity contribution in [2.24, 2.45) is 0 Å². The molecule has 0 bridgehead atoms. The third-order valence-electron chi connectivity index (χ3n) is 8.82. The number of benzene rings is 4. The zero-order valence-corrected chi connectivity index (χ0v) is 31.6. The predicted octanol–water partition coefficient (Wildman–Crippen LogP) is 8.02. The van der Waals surface area contributed by atoms with Crippen LogP contribution in [-0.4, -0.2) is 45.4 Å². The fraction of sp³-hybridized carbons (Fsp3) is 0.146. The molecule has 8 aromatic rings. The second kappa shape index (κ2) is 17.3. The summed E-state index contributed by atoms with van der Waals surface area (Å²) in [5, 5.41) is 20.9. The molecule has 0 aliphatic rings. The third kappa shape index (κ3) is 8.15. The van der Waals surface area contributed by atoms with Crippen molar-refractivity contribution in [2.45, 2.75) is 34.4 Å². The minimum absolute atomic E-state index is 0. The topological polar surface area (TPSA) is 120 Å². The maximum absolute atomic E-state index is 13.0. The molecule has 0 unspecified atom stereocenters. The first-order valence-corrected chi connectivity index (χ1v) is 17.4. The zero-order chi connectivity index (χ0) is 37.1. The Morgan fingerprint density at radius 1 is 0.618 bits per heavy atom. The maximum atomic E-state index is 13.0. The van der Waals surface area contributed by atoms with Gasteiger partial charge in [0.2, 0.25) is 23.2 Å². The van der Waals surface area contributed by atoms with Gasteiger partial charge in [0.05, 0.1) is 11.4 Å². The van der Waals surface area contributed by atoms with Crippen LogP contribution in [0.15, 0.2) is 131 Å². The molecule has 0 radical (unpaired) electrons. The smallest absolute Gasteiger partial charge is 0.300 e. The average Bonchev–Trinajstić information content (AvgIpc) is 3.81. The number of hydrogen-bond acceptors (Lipinski definition) is 8. The van der Waals surface area contributed by atoms with Crippen LogP contribution in [0.25, 0.3) is 22.7 Å². The summed E-state index contributed by atoms with van der Waals surface area (Å²) >= 11 is 12.4. The highest BCUT2D eigenvalue weighted by Crippen LogP contribution is 2.23. The average molecular weight is 777 g/mol. The summed E-state index contributed by atoms with van der Waals surface area (Å²) in [5.74, 6) is 1.14. The first-order chi connectivity index (χ1) is 25.7. The number of nitrogens with one attached hydrogen (secondary N) is 1. The van der Waals surface area contributed by atoms with Crippen molar-refractivity contribution in [1.29, 1.82) is 0 Å². The zero-order valence-electron chi connectivity index (χ0n) is 30.1. The predicted molar refractivity (Wildman–Crippen MR) is 222 cm³/mol. The summed E-state index contributed by atoms with van der Waals surface area (Å²) in [6.45, 7) is 5.03. The Morgan fingerprint density at radius 2 is 1.11 bits per heavy atom. The van der Waals surface area contributed by atoms with Crippen LogP contribution in [0.1, 0.15) is 29.7 Å². The fourth-order valence-corrected chi connectivity index (χ4v) is 6.28. The molecule has 282 valence electrons. The molecular formula is C41H41Cl2N10O2-. The molecule has 0 amide bonds.